The summed E-state index contributed by atoms with van der Waals surface area (Å²) < 4.78 is 6.79. The van der Waals surface area contributed by atoms with E-state index in [0.29, 0.717) is 23.4 Å². The van der Waals surface area contributed by atoms with E-state index < -0.39 is 11.6 Å². The first-order chi connectivity index (χ1) is 14.0. The number of aliphatic hydroxyl groups is 1. The van der Waals surface area contributed by atoms with Crippen LogP contribution in [0.3, 0.4) is 0 Å². The van der Waals surface area contributed by atoms with E-state index in [1.807, 2.05) is 12.1 Å². The van der Waals surface area contributed by atoms with Gasteiger partial charge in [-0.05, 0) is 36.6 Å². The normalized spacial score (nSPS) is 19.6. The molecule has 6 heteroatoms. The lowest BCUT2D eigenvalue weighted by molar-refractivity contribution is -0.172. The lowest BCUT2D eigenvalue weighted by Gasteiger charge is -2.31. The second-order valence-corrected chi connectivity index (χ2v) is 7.83. The Morgan fingerprint density at radius 1 is 1.24 bits per heavy atom. The molecule has 0 radical (unpaired) electrons. The number of hydrogen-bond donors (Lipinski definition) is 1. The van der Waals surface area contributed by atoms with E-state index in [0.717, 1.165) is 35.0 Å². The highest BCUT2D eigenvalue weighted by Crippen LogP contribution is 2.38. The Morgan fingerprint density at radius 2 is 2.07 bits per heavy atom. The number of pyridine rings is 2. The van der Waals surface area contributed by atoms with Gasteiger partial charge in [0.15, 0.2) is 5.60 Å². The maximum Gasteiger partial charge on any atom is 0.343 e. The second kappa shape index (κ2) is 6.26. The summed E-state index contributed by atoms with van der Waals surface area (Å²) in [6.07, 6.45) is 2.16. The molecule has 6 nitrogen and oxygen atoms in total. The van der Waals surface area contributed by atoms with Gasteiger partial charge in [-0.3, -0.25) is 4.79 Å². The molecule has 1 N–H and O–H groups in total. The molecule has 1 atom stereocenters. The topological polar surface area (TPSA) is 81.4 Å². The van der Waals surface area contributed by atoms with Gasteiger partial charge in [0.25, 0.3) is 5.56 Å². The SMILES string of the molecule is CCCc1cccc2nc3c(cc12)Cn1c-3cc2c(c1=O)COC(=O)[C@]2(O)CC. The van der Waals surface area contributed by atoms with Gasteiger partial charge in [0.1, 0.15) is 6.61 Å². The molecule has 0 amide bonds. The van der Waals surface area contributed by atoms with Crippen LogP contribution in [0.1, 0.15) is 48.9 Å². The average Bonchev–Trinajstić information content (AvgIpc) is 3.08. The Labute approximate surface area is 167 Å². The van der Waals surface area contributed by atoms with Crippen molar-refractivity contribution in [2.24, 2.45) is 0 Å². The van der Waals surface area contributed by atoms with Crippen molar-refractivity contribution in [1.82, 2.24) is 9.55 Å². The molecule has 0 fully saturated rings. The number of hydrogen-bond acceptors (Lipinski definition) is 5. The molecular formula is C23H22N2O4. The van der Waals surface area contributed by atoms with Gasteiger partial charge in [-0.25, -0.2) is 9.78 Å². The number of fused-ring (bicyclic) bond motifs is 5. The number of rotatable bonds is 3. The molecule has 1 aromatic carbocycles. The molecule has 0 bridgehead atoms. The summed E-state index contributed by atoms with van der Waals surface area (Å²) in [5.74, 6) is -0.703. The van der Waals surface area contributed by atoms with Gasteiger partial charge in [-0.15, -0.1) is 0 Å². The molecule has 0 saturated carbocycles. The van der Waals surface area contributed by atoms with Crippen LogP contribution in [0.2, 0.25) is 0 Å². The predicted octanol–water partition coefficient (Wildman–Crippen LogP) is 3.03. The fraction of sp³-hybridized carbons (Fsp3) is 0.348. The fourth-order valence-corrected chi connectivity index (χ4v) is 4.55. The van der Waals surface area contributed by atoms with Gasteiger partial charge in [-0.1, -0.05) is 32.4 Å². The van der Waals surface area contributed by atoms with Crippen LogP contribution < -0.4 is 5.56 Å². The van der Waals surface area contributed by atoms with Crippen LogP contribution in [0.5, 0.6) is 0 Å². The smallest absolute Gasteiger partial charge is 0.343 e. The molecule has 0 spiro atoms. The number of aromatic nitrogens is 2. The van der Waals surface area contributed by atoms with Gasteiger partial charge in [-0.2, -0.15) is 0 Å². The van der Waals surface area contributed by atoms with Crippen molar-refractivity contribution in [3.8, 4) is 11.4 Å². The van der Waals surface area contributed by atoms with Crippen LogP contribution in [0.15, 0.2) is 35.1 Å². The van der Waals surface area contributed by atoms with E-state index in [1.54, 1.807) is 17.6 Å². The second-order valence-electron chi connectivity index (χ2n) is 7.83. The molecule has 0 saturated heterocycles. The lowest BCUT2D eigenvalue weighted by Crippen LogP contribution is -2.44. The van der Waals surface area contributed by atoms with Crippen LogP contribution >= 0.6 is 0 Å². The number of carbonyl (C=O) groups excluding carboxylic acids is 1. The van der Waals surface area contributed by atoms with Crippen molar-refractivity contribution < 1.29 is 14.6 Å². The van der Waals surface area contributed by atoms with Crippen molar-refractivity contribution in [2.75, 3.05) is 0 Å². The Morgan fingerprint density at radius 3 is 2.83 bits per heavy atom. The van der Waals surface area contributed by atoms with E-state index in [1.165, 1.54) is 5.56 Å². The first kappa shape index (κ1) is 18.1. The zero-order chi connectivity index (χ0) is 20.3. The first-order valence-electron chi connectivity index (χ1n) is 10.1. The Hall–Kier alpha value is -2.99. The molecule has 148 valence electrons. The highest BCUT2D eigenvalue weighted by atomic mass is 16.6. The molecule has 3 aromatic rings. The van der Waals surface area contributed by atoms with Crippen LogP contribution in [-0.2, 0) is 34.7 Å². The number of nitrogens with zero attached hydrogens (tertiary/aromatic N) is 2. The molecule has 29 heavy (non-hydrogen) atoms. The molecular weight excluding hydrogens is 368 g/mol. The summed E-state index contributed by atoms with van der Waals surface area (Å²) >= 11 is 0. The van der Waals surface area contributed by atoms with Crippen molar-refractivity contribution in [2.45, 2.75) is 51.9 Å². The third kappa shape index (κ3) is 2.42. The van der Waals surface area contributed by atoms with Gasteiger partial charge >= 0.3 is 5.97 Å². The van der Waals surface area contributed by atoms with Gasteiger partial charge < -0.3 is 14.4 Å². The first-order valence-corrected chi connectivity index (χ1v) is 10.1. The van der Waals surface area contributed by atoms with E-state index in [2.05, 4.69) is 19.1 Å². The maximum absolute atomic E-state index is 13.2. The minimum absolute atomic E-state index is 0.109. The average molecular weight is 390 g/mol. The summed E-state index contributed by atoms with van der Waals surface area (Å²) in [4.78, 5) is 30.3. The van der Waals surface area contributed by atoms with Gasteiger partial charge in [0.2, 0.25) is 0 Å². The van der Waals surface area contributed by atoms with Crippen molar-refractivity contribution in [3.05, 3.63) is 62.9 Å². The number of benzene rings is 1. The molecule has 2 aliphatic rings. The van der Waals surface area contributed by atoms with Crippen molar-refractivity contribution >= 4 is 16.9 Å². The Kier molecular flexibility index (Phi) is 3.90. The van der Waals surface area contributed by atoms with E-state index in [4.69, 9.17) is 9.72 Å². The van der Waals surface area contributed by atoms with Crippen LogP contribution in [0.4, 0.5) is 0 Å². The number of cyclic esters (lactones) is 1. The Bertz CT molecular complexity index is 1240. The largest absolute Gasteiger partial charge is 0.458 e. The van der Waals surface area contributed by atoms with E-state index in [-0.39, 0.29) is 18.6 Å². The van der Waals surface area contributed by atoms with Crippen LogP contribution in [-0.4, -0.2) is 20.6 Å². The predicted molar refractivity (Wildman–Crippen MR) is 109 cm³/mol. The van der Waals surface area contributed by atoms with Gasteiger partial charge in [0.05, 0.1) is 29.0 Å². The third-order valence-electron chi connectivity index (χ3n) is 6.16. The van der Waals surface area contributed by atoms with Crippen LogP contribution in [0, 0.1) is 0 Å². The number of ether oxygens (including phenoxy) is 1. The summed E-state index contributed by atoms with van der Waals surface area (Å²) in [6, 6.07) is 9.99. The summed E-state index contributed by atoms with van der Waals surface area (Å²) in [5, 5.41) is 12.0. The molecule has 0 aliphatic carbocycles. The Balaban J connectivity index is 1.76. The third-order valence-corrected chi connectivity index (χ3v) is 6.16. The zero-order valence-corrected chi connectivity index (χ0v) is 16.5. The number of aryl methyl sites for hydroxylation is 1. The quantitative estimate of drug-likeness (QED) is 0.544. The lowest BCUT2D eigenvalue weighted by atomic mass is 9.86. The molecule has 2 aromatic heterocycles. The maximum atomic E-state index is 13.2. The molecule has 5 rings (SSSR count). The number of carbonyl (C=O) groups is 1. The molecule has 0 unspecified atom stereocenters. The molecule has 4 heterocycles. The van der Waals surface area contributed by atoms with E-state index >= 15 is 0 Å². The highest BCUT2D eigenvalue weighted by Gasteiger charge is 2.45. The minimum Gasteiger partial charge on any atom is -0.458 e. The van der Waals surface area contributed by atoms with Gasteiger partial charge in [0, 0.05) is 16.5 Å². The summed E-state index contributed by atoms with van der Waals surface area (Å²) in [5.41, 5.74) is 3.18. The fourth-order valence-electron chi connectivity index (χ4n) is 4.55. The highest BCUT2D eigenvalue weighted by molar-refractivity contribution is 5.88. The molecule has 2 aliphatic heterocycles. The van der Waals surface area contributed by atoms with Crippen molar-refractivity contribution in [3.63, 3.8) is 0 Å². The standard InChI is InChI=1S/C23H22N2O4/c1-3-6-13-7-5-8-18-15(13)9-14-11-25-19(20(14)24-18)10-17-16(21(25)26)12-29-22(27)23(17,28)4-2/h5,7-10,28H,3-4,6,11-12H2,1-2H3/t23-/m0/s1. The monoisotopic (exact) mass is 390 g/mol. The zero-order valence-electron chi connectivity index (χ0n) is 16.5. The number of esters is 1. The van der Waals surface area contributed by atoms with E-state index in [9.17, 15) is 14.7 Å². The van der Waals surface area contributed by atoms with Crippen LogP contribution in [0.25, 0.3) is 22.3 Å². The summed E-state index contributed by atoms with van der Waals surface area (Å²) in [7, 11) is 0. The minimum atomic E-state index is -1.80. The van der Waals surface area contributed by atoms with Crippen molar-refractivity contribution in [1.29, 1.82) is 0 Å². The summed E-state index contributed by atoms with van der Waals surface area (Å²) in [6.45, 7) is 4.18.